The van der Waals surface area contributed by atoms with Gasteiger partial charge in [-0.2, -0.15) is 0 Å². The summed E-state index contributed by atoms with van der Waals surface area (Å²) in [5.74, 6) is 0.565. The highest BCUT2D eigenvalue weighted by Gasteiger charge is 2.06. The first-order chi connectivity index (χ1) is 8.63. The van der Waals surface area contributed by atoms with Crippen LogP contribution in [0, 0.1) is 0 Å². The third-order valence-electron chi connectivity index (χ3n) is 3.15. The van der Waals surface area contributed by atoms with E-state index < -0.39 is 0 Å². The molecule has 0 amide bonds. The highest BCUT2D eigenvalue weighted by molar-refractivity contribution is 5.25. The molecule has 0 fully saturated rings. The second kappa shape index (κ2) is 8.28. The summed E-state index contributed by atoms with van der Waals surface area (Å²) in [6.07, 6.45) is 2.23. The van der Waals surface area contributed by atoms with Crippen LogP contribution in [0.3, 0.4) is 0 Å². The van der Waals surface area contributed by atoms with E-state index in [1.165, 1.54) is 11.1 Å². The molecular formula is C16H26O2. The summed E-state index contributed by atoms with van der Waals surface area (Å²) in [6.45, 7) is 7.88. The van der Waals surface area contributed by atoms with E-state index in [4.69, 9.17) is 4.74 Å². The van der Waals surface area contributed by atoms with E-state index >= 15 is 0 Å². The zero-order valence-electron chi connectivity index (χ0n) is 11.9. The Labute approximate surface area is 111 Å². The lowest BCUT2D eigenvalue weighted by Crippen LogP contribution is -2.11. The van der Waals surface area contributed by atoms with Gasteiger partial charge in [-0.1, -0.05) is 38.1 Å². The maximum atomic E-state index is 9.92. The molecule has 1 atom stereocenters. The number of aliphatic hydroxyl groups is 1. The summed E-state index contributed by atoms with van der Waals surface area (Å²) >= 11 is 0. The third-order valence-corrected chi connectivity index (χ3v) is 3.15. The average Bonchev–Trinajstić information content (AvgIpc) is 2.35. The van der Waals surface area contributed by atoms with Gasteiger partial charge in [0.15, 0.2) is 0 Å². The number of benzene rings is 1. The van der Waals surface area contributed by atoms with Crippen LogP contribution in [-0.2, 0) is 11.2 Å². The first-order valence-electron chi connectivity index (χ1n) is 6.98. The highest BCUT2D eigenvalue weighted by atomic mass is 16.5. The summed E-state index contributed by atoms with van der Waals surface area (Å²) in [6, 6.07) is 8.57. The Kier molecular flexibility index (Phi) is 6.99. The molecule has 0 spiro atoms. The summed E-state index contributed by atoms with van der Waals surface area (Å²) in [7, 11) is 0. The van der Waals surface area contributed by atoms with Gasteiger partial charge >= 0.3 is 0 Å². The summed E-state index contributed by atoms with van der Waals surface area (Å²) in [4.78, 5) is 0. The Hall–Kier alpha value is -0.860. The van der Waals surface area contributed by atoms with Crippen molar-refractivity contribution in [1.82, 2.24) is 0 Å². The fourth-order valence-electron chi connectivity index (χ4n) is 1.98. The Morgan fingerprint density at radius 3 is 2.39 bits per heavy atom. The summed E-state index contributed by atoms with van der Waals surface area (Å²) in [5, 5.41) is 9.92. The van der Waals surface area contributed by atoms with Gasteiger partial charge in [0.05, 0.1) is 6.10 Å². The van der Waals surface area contributed by atoms with Crippen LogP contribution in [0.2, 0.25) is 0 Å². The monoisotopic (exact) mass is 250 g/mol. The predicted octanol–water partition coefficient (Wildman–Crippen LogP) is 3.53. The zero-order chi connectivity index (χ0) is 13.4. The van der Waals surface area contributed by atoms with Gasteiger partial charge < -0.3 is 9.84 Å². The van der Waals surface area contributed by atoms with Crippen molar-refractivity contribution in [2.45, 2.75) is 52.1 Å². The van der Waals surface area contributed by atoms with E-state index in [0.29, 0.717) is 5.92 Å². The van der Waals surface area contributed by atoms with Crippen molar-refractivity contribution in [3.63, 3.8) is 0 Å². The van der Waals surface area contributed by atoms with E-state index in [0.717, 1.165) is 32.5 Å². The minimum Gasteiger partial charge on any atom is -0.393 e. The second-order valence-electron chi connectivity index (χ2n) is 5.09. The minimum atomic E-state index is -0.254. The molecule has 0 heterocycles. The number of rotatable bonds is 8. The van der Waals surface area contributed by atoms with Crippen molar-refractivity contribution in [2.75, 3.05) is 13.2 Å². The Bertz CT molecular complexity index is 316. The molecule has 102 valence electrons. The van der Waals surface area contributed by atoms with Gasteiger partial charge in [0.25, 0.3) is 0 Å². The molecule has 0 aliphatic carbocycles. The zero-order valence-corrected chi connectivity index (χ0v) is 11.9. The standard InChI is InChI=1S/C16H26O2/c1-4-18-11-5-6-16(17)12-14-7-9-15(10-8-14)13(2)3/h7-10,13,16-17H,4-6,11-12H2,1-3H3. The molecule has 0 aliphatic heterocycles. The van der Waals surface area contributed by atoms with Crippen molar-refractivity contribution < 1.29 is 9.84 Å². The SMILES string of the molecule is CCOCCCC(O)Cc1ccc(C(C)C)cc1. The molecule has 2 nitrogen and oxygen atoms in total. The number of ether oxygens (including phenoxy) is 1. The normalized spacial score (nSPS) is 12.9. The van der Waals surface area contributed by atoms with E-state index in [1.54, 1.807) is 0 Å². The number of hydrogen-bond acceptors (Lipinski definition) is 2. The lowest BCUT2D eigenvalue weighted by molar-refractivity contribution is 0.114. The van der Waals surface area contributed by atoms with E-state index in [1.807, 2.05) is 6.92 Å². The Balaban J connectivity index is 2.32. The van der Waals surface area contributed by atoms with Crippen LogP contribution in [0.5, 0.6) is 0 Å². The topological polar surface area (TPSA) is 29.5 Å². The fraction of sp³-hybridized carbons (Fsp3) is 0.625. The van der Waals surface area contributed by atoms with Crippen LogP contribution in [-0.4, -0.2) is 24.4 Å². The molecule has 0 aromatic heterocycles. The largest absolute Gasteiger partial charge is 0.393 e. The Morgan fingerprint density at radius 2 is 1.83 bits per heavy atom. The molecule has 0 aliphatic rings. The molecule has 0 radical (unpaired) electrons. The van der Waals surface area contributed by atoms with Crippen LogP contribution >= 0.6 is 0 Å². The molecule has 1 aromatic rings. The quantitative estimate of drug-likeness (QED) is 0.715. The predicted molar refractivity (Wildman–Crippen MR) is 76.0 cm³/mol. The van der Waals surface area contributed by atoms with Crippen LogP contribution in [0.1, 0.15) is 50.7 Å². The van der Waals surface area contributed by atoms with Gasteiger partial charge in [0.1, 0.15) is 0 Å². The molecule has 18 heavy (non-hydrogen) atoms. The van der Waals surface area contributed by atoms with Gasteiger partial charge in [-0.3, -0.25) is 0 Å². The Morgan fingerprint density at radius 1 is 1.17 bits per heavy atom. The van der Waals surface area contributed by atoms with Crippen LogP contribution in [0.15, 0.2) is 24.3 Å². The smallest absolute Gasteiger partial charge is 0.0581 e. The lowest BCUT2D eigenvalue weighted by atomic mass is 9.99. The molecule has 1 rings (SSSR count). The fourth-order valence-corrected chi connectivity index (χ4v) is 1.98. The summed E-state index contributed by atoms with van der Waals surface area (Å²) < 4.78 is 5.27. The van der Waals surface area contributed by atoms with Crippen molar-refractivity contribution in [3.05, 3.63) is 35.4 Å². The number of hydrogen-bond donors (Lipinski definition) is 1. The maximum absolute atomic E-state index is 9.92. The highest BCUT2D eigenvalue weighted by Crippen LogP contribution is 2.16. The molecule has 1 N–H and O–H groups in total. The molecule has 0 bridgehead atoms. The second-order valence-corrected chi connectivity index (χ2v) is 5.09. The summed E-state index contributed by atoms with van der Waals surface area (Å²) in [5.41, 5.74) is 2.56. The van der Waals surface area contributed by atoms with Gasteiger partial charge in [0, 0.05) is 13.2 Å². The van der Waals surface area contributed by atoms with Crippen molar-refractivity contribution in [1.29, 1.82) is 0 Å². The third kappa shape index (κ3) is 5.65. The van der Waals surface area contributed by atoms with Crippen LogP contribution in [0.4, 0.5) is 0 Å². The van der Waals surface area contributed by atoms with Crippen molar-refractivity contribution >= 4 is 0 Å². The van der Waals surface area contributed by atoms with Crippen LogP contribution in [0.25, 0.3) is 0 Å². The van der Waals surface area contributed by atoms with E-state index in [2.05, 4.69) is 38.1 Å². The first-order valence-corrected chi connectivity index (χ1v) is 6.98. The van der Waals surface area contributed by atoms with Gasteiger partial charge in [0.2, 0.25) is 0 Å². The molecular weight excluding hydrogens is 224 g/mol. The van der Waals surface area contributed by atoms with Gasteiger partial charge in [-0.15, -0.1) is 0 Å². The molecule has 2 heteroatoms. The van der Waals surface area contributed by atoms with Gasteiger partial charge in [-0.25, -0.2) is 0 Å². The minimum absolute atomic E-state index is 0.254. The number of aliphatic hydroxyl groups excluding tert-OH is 1. The maximum Gasteiger partial charge on any atom is 0.0581 e. The van der Waals surface area contributed by atoms with E-state index in [-0.39, 0.29) is 6.10 Å². The molecule has 0 saturated heterocycles. The van der Waals surface area contributed by atoms with Gasteiger partial charge in [-0.05, 0) is 43.2 Å². The molecule has 1 aromatic carbocycles. The van der Waals surface area contributed by atoms with Crippen molar-refractivity contribution in [2.24, 2.45) is 0 Å². The van der Waals surface area contributed by atoms with Crippen LogP contribution < -0.4 is 0 Å². The molecule has 1 unspecified atom stereocenters. The van der Waals surface area contributed by atoms with Crippen molar-refractivity contribution in [3.8, 4) is 0 Å². The molecule has 0 saturated carbocycles. The first kappa shape index (κ1) is 15.2. The average molecular weight is 250 g/mol. The lowest BCUT2D eigenvalue weighted by Gasteiger charge is -2.12. The van der Waals surface area contributed by atoms with E-state index in [9.17, 15) is 5.11 Å².